The second kappa shape index (κ2) is 4.04. The van der Waals surface area contributed by atoms with E-state index in [4.69, 9.17) is 0 Å². The Bertz CT molecular complexity index is 457. The molecule has 2 atom stereocenters. The lowest BCUT2D eigenvalue weighted by Crippen LogP contribution is -2.18. The second-order valence-corrected chi connectivity index (χ2v) is 4.23. The molecule has 0 saturated heterocycles. The van der Waals surface area contributed by atoms with E-state index in [9.17, 15) is 4.79 Å². The first-order valence-electron chi connectivity index (χ1n) is 5.41. The molecule has 0 saturated carbocycles. The zero-order valence-electron chi connectivity index (χ0n) is 9.71. The minimum atomic E-state index is 0.0577. The van der Waals surface area contributed by atoms with Gasteiger partial charge in [0.25, 0.3) is 0 Å². The van der Waals surface area contributed by atoms with Crippen molar-refractivity contribution in [2.24, 2.45) is 11.8 Å². The van der Waals surface area contributed by atoms with E-state index in [1.165, 1.54) is 4.80 Å². The molecule has 2 unspecified atom stereocenters. The van der Waals surface area contributed by atoms with Crippen molar-refractivity contribution in [3.63, 3.8) is 0 Å². The summed E-state index contributed by atoms with van der Waals surface area (Å²) in [5, 5.41) is 8.15. The van der Waals surface area contributed by atoms with Crippen LogP contribution in [0.2, 0.25) is 0 Å². The van der Waals surface area contributed by atoms with Gasteiger partial charge in [0.05, 0.1) is 18.1 Å². The maximum absolute atomic E-state index is 11.6. The normalized spacial score (nSPS) is 24.9. The molecule has 84 valence electrons. The Morgan fingerprint density at radius 3 is 2.31 bits per heavy atom. The van der Waals surface area contributed by atoms with Gasteiger partial charge in [-0.15, -0.1) is 0 Å². The first-order valence-corrected chi connectivity index (χ1v) is 5.41. The van der Waals surface area contributed by atoms with Crippen LogP contribution < -0.4 is 0 Å². The number of ketones is 1. The van der Waals surface area contributed by atoms with Crippen molar-refractivity contribution in [3.05, 3.63) is 30.1 Å². The van der Waals surface area contributed by atoms with Crippen molar-refractivity contribution >= 4 is 11.5 Å². The molecule has 4 heteroatoms. The summed E-state index contributed by atoms with van der Waals surface area (Å²) in [6.07, 6.45) is 7.29. The summed E-state index contributed by atoms with van der Waals surface area (Å²) < 4.78 is 0. The second-order valence-electron chi connectivity index (χ2n) is 4.23. The van der Waals surface area contributed by atoms with Gasteiger partial charge in [0, 0.05) is 5.57 Å². The molecule has 0 aliphatic heterocycles. The number of aromatic nitrogens is 3. The summed E-state index contributed by atoms with van der Waals surface area (Å²) in [7, 11) is 0. The van der Waals surface area contributed by atoms with Gasteiger partial charge in [-0.2, -0.15) is 15.0 Å². The lowest BCUT2D eigenvalue weighted by atomic mass is 9.86. The maximum atomic E-state index is 11.6. The quantitative estimate of drug-likeness (QED) is 0.760. The third-order valence-corrected chi connectivity index (χ3v) is 2.97. The van der Waals surface area contributed by atoms with Crippen LogP contribution in [0.4, 0.5) is 0 Å². The highest BCUT2D eigenvalue weighted by Crippen LogP contribution is 2.29. The number of Topliss-reactive ketones (excluding diaryl/α,β-unsaturated/α-hetero) is 1. The van der Waals surface area contributed by atoms with Crippen molar-refractivity contribution in [2.45, 2.75) is 20.8 Å². The van der Waals surface area contributed by atoms with Crippen molar-refractivity contribution in [3.8, 4) is 0 Å². The van der Waals surface area contributed by atoms with E-state index >= 15 is 0 Å². The first-order chi connectivity index (χ1) is 7.59. The number of rotatable bonds is 2. The van der Waals surface area contributed by atoms with E-state index in [1.54, 1.807) is 19.3 Å². The Balaban J connectivity index is 2.45. The molecule has 4 nitrogen and oxygen atoms in total. The molecule has 0 spiro atoms. The minimum Gasteiger partial charge on any atom is -0.294 e. The largest absolute Gasteiger partial charge is 0.294 e. The van der Waals surface area contributed by atoms with Crippen LogP contribution in [0.3, 0.4) is 0 Å². The summed E-state index contributed by atoms with van der Waals surface area (Å²) in [6, 6.07) is 0. The van der Waals surface area contributed by atoms with Gasteiger partial charge < -0.3 is 0 Å². The molecule has 16 heavy (non-hydrogen) atoms. The molecule has 2 rings (SSSR count). The summed E-state index contributed by atoms with van der Waals surface area (Å²) in [5.74, 6) is 0.824. The van der Waals surface area contributed by atoms with Crippen LogP contribution in [-0.4, -0.2) is 20.8 Å². The Labute approximate surface area is 94.7 Å². The molecule has 1 aliphatic rings. The highest BCUT2D eigenvalue weighted by Gasteiger charge is 2.23. The average molecular weight is 217 g/mol. The van der Waals surface area contributed by atoms with Gasteiger partial charge in [-0.25, -0.2) is 0 Å². The van der Waals surface area contributed by atoms with Crippen LogP contribution in [0.25, 0.3) is 5.70 Å². The number of hydrogen-bond acceptors (Lipinski definition) is 3. The van der Waals surface area contributed by atoms with Gasteiger partial charge in [0.1, 0.15) is 0 Å². The van der Waals surface area contributed by atoms with Crippen molar-refractivity contribution in [1.29, 1.82) is 0 Å². The Morgan fingerprint density at radius 2 is 1.75 bits per heavy atom. The molecule has 0 bridgehead atoms. The molecule has 1 aromatic heterocycles. The standard InChI is InChI=1S/C12H15N3O/c1-8-6-11(10(3)16)12(7-9(8)2)15-13-4-5-14-15/h4-9H,1-3H3. The lowest BCUT2D eigenvalue weighted by molar-refractivity contribution is -0.113. The summed E-state index contributed by atoms with van der Waals surface area (Å²) in [4.78, 5) is 13.1. The summed E-state index contributed by atoms with van der Waals surface area (Å²) in [6.45, 7) is 5.81. The highest BCUT2D eigenvalue weighted by molar-refractivity contribution is 6.05. The van der Waals surface area contributed by atoms with Gasteiger partial charge in [-0.1, -0.05) is 26.0 Å². The van der Waals surface area contributed by atoms with Crippen LogP contribution in [0.1, 0.15) is 20.8 Å². The smallest absolute Gasteiger partial charge is 0.161 e. The molecule has 0 aromatic carbocycles. The van der Waals surface area contributed by atoms with Crippen LogP contribution in [0.15, 0.2) is 30.1 Å². The van der Waals surface area contributed by atoms with Crippen LogP contribution in [-0.2, 0) is 4.79 Å². The minimum absolute atomic E-state index is 0.0577. The fraction of sp³-hybridized carbons (Fsp3) is 0.417. The molecule has 1 aromatic rings. The lowest BCUT2D eigenvalue weighted by Gasteiger charge is -2.22. The third kappa shape index (κ3) is 1.83. The van der Waals surface area contributed by atoms with E-state index in [-0.39, 0.29) is 5.78 Å². The van der Waals surface area contributed by atoms with Gasteiger partial charge in [0.15, 0.2) is 5.78 Å². The van der Waals surface area contributed by atoms with E-state index in [1.807, 2.05) is 6.08 Å². The van der Waals surface area contributed by atoms with Gasteiger partial charge in [-0.3, -0.25) is 4.79 Å². The van der Waals surface area contributed by atoms with E-state index in [2.05, 4.69) is 30.1 Å². The number of hydrogen-bond donors (Lipinski definition) is 0. The fourth-order valence-corrected chi connectivity index (χ4v) is 1.80. The van der Waals surface area contributed by atoms with Gasteiger partial charge in [-0.05, 0) is 18.8 Å². The predicted molar refractivity (Wildman–Crippen MR) is 61.4 cm³/mol. The van der Waals surface area contributed by atoms with Crippen molar-refractivity contribution in [2.75, 3.05) is 0 Å². The third-order valence-electron chi connectivity index (χ3n) is 2.97. The topological polar surface area (TPSA) is 47.8 Å². The van der Waals surface area contributed by atoms with Crippen LogP contribution in [0, 0.1) is 11.8 Å². The van der Waals surface area contributed by atoms with Gasteiger partial charge >= 0.3 is 0 Å². The van der Waals surface area contributed by atoms with Crippen molar-refractivity contribution in [1.82, 2.24) is 15.0 Å². The zero-order valence-corrected chi connectivity index (χ0v) is 9.71. The van der Waals surface area contributed by atoms with Crippen LogP contribution in [0.5, 0.6) is 0 Å². The molecule has 0 radical (unpaired) electrons. The van der Waals surface area contributed by atoms with Gasteiger partial charge in [0.2, 0.25) is 0 Å². The number of allylic oxidation sites excluding steroid dienone is 4. The first kappa shape index (κ1) is 10.8. The molecule has 1 aliphatic carbocycles. The fourth-order valence-electron chi connectivity index (χ4n) is 1.80. The maximum Gasteiger partial charge on any atom is 0.161 e. The SMILES string of the molecule is CC(=O)C1=CC(C)C(C)C=C1n1nccn1. The molecular weight excluding hydrogens is 202 g/mol. The predicted octanol–water partition coefficient (Wildman–Crippen LogP) is 1.92. The Hall–Kier alpha value is -1.71. The summed E-state index contributed by atoms with van der Waals surface area (Å²) in [5.41, 5.74) is 1.50. The van der Waals surface area contributed by atoms with Crippen LogP contribution >= 0.6 is 0 Å². The molecule has 0 N–H and O–H groups in total. The zero-order chi connectivity index (χ0) is 11.7. The molecule has 0 fully saturated rings. The number of carbonyl (C=O) groups is 1. The molecule has 0 amide bonds. The highest BCUT2D eigenvalue weighted by atomic mass is 16.1. The Morgan fingerprint density at radius 1 is 1.19 bits per heavy atom. The van der Waals surface area contributed by atoms with E-state index in [0.29, 0.717) is 17.4 Å². The van der Waals surface area contributed by atoms with Crippen molar-refractivity contribution < 1.29 is 4.79 Å². The van der Waals surface area contributed by atoms with E-state index in [0.717, 1.165) is 5.70 Å². The number of carbonyl (C=O) groups excluding carboxylic acids is 1. The molecular formula is C12H15N3O. The summed E-state index contributed by atoms with van der Waals surface area (Å²) >= 11 is 0. The molecule has 1 heterocycles. The average Bonchev–Trinajstić information content (AvgIpc) is 2.74. The number of nitrogens with zero attached hydrogens (tertiary/aromatic N) is 3. The Kier molecular flexibility index (Phi) is 2.73. The monoisotopic (exact) mass is 217 g/mol. The van der Waals surface area contributed by atoms with E-state index < -0.39 is 0 Å².